The molecule has 0 bridgehead atoms. The summed E-state index contributed by atoms with van der Waals surface area (Å²) in [5.74, 6) is -1.57. The first kappa shape index (κ1) is 13.4. The van der Waals surface area contributed by atoms with Crippen LogP contribution in [0.25, 0.3) is 0 Å². The van der Waals surface area contributed by atoms with Gasteiger partial charge in [0, 0.05) is 0 Å². The first-order valence-electron chi connectivity index (χ1n) is 6.98. The molecule has 0 amide bonds. The van der Waals surface area contributed by atoms with Crippen molar-refractivity contribution < 1.29 is 19.8 Å². The molecule has 0 atom stereocenters. The fourth-order valence-corrected chi connectivity index (χ4v) is 3.86. The molecule has 0 radical (unpaired) electrons. The van der Waals surface area contributed by atoms with Crippen LogP contribution in [0, 0.1) is 10.8 Å². The maximum absolute atomic E-state index is 11.6. The predicted octanol–water partition coefficient (Wildman–Crippen LogP) is 3.06. The standard InChI is InChI=1S/C14H22O4/c15-11(16)13(6-2-1-3-7-13)10-14(12(17)18)8-4-5-9-14/h1-10H2,(H,15,16)(H,17,18). The molecule has 2 rings (SSSR count). The Kier molecular flexibility index (Phi) is 3.64. The summed E-state index contributed by atoms with van der Waals surface area (Å²) < 4.78 is 0. The van der Waals surface area contributed by atoms with E-state index < -0.39 is 22.8 Å². The number of aliphatic carboxylic acids is 2. The third-order valence-electron chi connectivity index (χ3n) is 4.96. The van der Waals surface area contributed by atoms with Crippen LogP contribution in [0.4, 0.5) is 0 Å². The maximum Gasteiger partial charge on any atom is 0.309 e. The molecular formula is C14H22O4. The normalized spacial score (nSPS) is 25.8. The van der Waals surface area contributed by atoms with Gasteiger partial charge < -0.3 is 10.2 Å². The predicted molar refractivity (Wildman–Crippen MR) is 66.3 cm³/mol. The number of hydrogen-bond acceptors (Lipinski definition) is 2. The number of carboxylic acid groups (broad SMARTS) is 2. The summed E-state index contributed by atoms with van der Waals surface area (Å²) >= 11 is 0. The Balaban J connectivity index is 2.22. The minimum Gasteiger partial charge on any atom is -0.481 e. The van der Waals surface area contributed by atoms with Crippen molar-refractivity contribution in [3.8, 4) is 0 Å². The molecule has 2 N–H and O–H groups in total. The summed E-state index contributed by atoms with van der Waals surface area (Å²) in [7, 11) is 0. The zero-order valence-electron chi connectivity index (χ0n) is 10.8. The third-order valence-corrected chi connectivity index (χ3v) is 4.96. The van der Waals surface area contributed by atoms with E-state index in [1.54, 1.807) is 0 Å². The fraction of sp³-hybridized carbons (Fsp3) is 0.857. The first-order valence-corrected chi connectivity index (χ1v) is 6.98. The fourth-order valence-electron chi connectivity index (χ4n) is 3.86. The number of carboxylic acids is 2. The number of hydrogen-bond donors (Lipinski definition) is 2. The minimum atomic E-state index is -0.786. The van der Waals surface area contributed by atoms with Crippen molar-refractivity contribution >= 4 is 11.9 Å². The van der Waals surface area contributed by atoms with E-state index in [1.807, 2.05) is 0 Å². The summed E-state index contributed by atoms with van der Waals surface area (Å²) in [6, 6.07) is 0. The number of carbonyl (C=O) groups is 2. The number of rotatable bonds is 4. The first-order chi connectivity index (χ1) is 8.51. The van der Waals surface area contributed by atoms with Gasteiger partial charge in [0.25, 0.3) is 0 Å². The molecule has 0 aromatic rings. The van der Waals surface area contributed by atoms with E-state index in [4.69, 9.17) is 0 Å². The Labute approximate surface area is 107 Å². The quantitative estimate of drug-likeness (QED) is 0.808. The smallest absolute Gasteiger partial charge is 0.309 e. The zero-order valence-corrected chi connectivity index (χ0v) is 10.8. The van der Waals surface area contributed by atoms with Gasteiger partial charge in [-0.1, -0.05) is 32.1 Å². The van der Waals surface area contributed by atoms with Crippen LogP contribution >= 0.6 is 0 Å². The van der Waals surface area contributed by atoms with Crippen molar-refractivity contribution in [2.45, 2.75) is 64.2 Å². The highest BCUT2D eigenvalue weighted by atomic mass is 16.4. The highest BCUT2D eigenvalue weighted by Crippen LogP contribution is 2.51. The average Bonchev–Trinajstić information content (AvgIpc) is 2.80. The molecule has 0 heterocycles. The molecule has 0 aliphatic heterocycles. The van der Waals surface area contributed by atoms with E-state index in [0.717, 1.165) is 32.1 Å². The summed E-state index contributed by atoms with van der Waals surface area (Å²) in [6.07, 6.45) is 7.69. The molecule has 18 heavy (non-hydrogen) atoms. The van der Waals surface area contributed by atoms with Gasteiger partial charge in [0.1, 0.15) is 0 Å². The van der Waals surface area contributed by atoms with Crippen LogP contribution in [0.5, 0.6) is 0 Å². The van der Waals surface area contributed by atoms with Crippen LogP contribution in [0.2, 0.25) is 0 Å². The van der Waals surface area contributed by atoms with Gasteiger partial charge in [-0.05, 0) is 32.1 Å². The average molecular weight is 254 g/mol. The van der Waals surface area contributed by atoms with Gasteiger partial charge >= 0.3 is 11.9 Å². The lowest BCUT2D eigenvalue weighted by Crippen LogP contribution is -2.41. The summed E-state index contributed by atoms with van der Waals surface area (Å²) in [5.41, 5.74) is -1.54. The van der Waals surface area contributed by atoms with Crippen molar-refractivity contribution in [1.29, 1.82) is 0 Å². The molecule has 4 heteroatoms. The lowest BCUT2D eigenvalue weighted by molar-refractivity contribution is -0.160. The summed E-state index contributed by atoms with van der Waals surface area (Å²) in [4.78, 5) is 23.2. The molecule has 2 aliphatic rings. The molecule has 0 aromatic heterocycles. The van der Waals surface area contributed by atoms with Gasteiger partial charge in [-0.15, -0.1) is 0 Å². The second kappa shape index (κ2) is 4.90. The van der Waals surface area contributed by atoms with Crippen LogP contribution in [-0.4, -0.2) is 22.2 Å². The van der Waals surface area contributed by atoms with Crippen LogP contribution < -0.4 is 0 Å². The second-order valence-electron chi connectivity index (χ2n) is 6.12. The highest BCUT2D eigenvalue weighted by Gasteiger charge is 2.51. The molecule has 2 saturated carbocycles. The van der Waals surface area contributed by atoms with Crippen molar-refractivity contribution in [3.63, 3.8) is 0 Å². The van der Waals surface area contributed by atoms with Gasteiger partial charge in [0.05, 0.1) is 10.8 Å². The summed E-state index contributed by atoms with van der Waals surface area (Å²) in [6.45, 7) is 0. The highest BCUT2D eigenvalue weighted by molar-refractivity contribution is 5.79. The molecule has 0 unspecified atom stereocenters. The summed E-state index contributed by atoms with van der Waals surface area (Å²) in [5, 5.41) is 19.1. The van der Waals surface area contributed by atoms with Crippen molar-refractivity contribution in [3.05, 3.63) is 0 Å². The van der Waals surface area contributed by atoms with Gasteiger partial charge in [-0.2, -0.15) is 0 Å². The maximum atomic E-state index is 11.6. The van der Waals surface area contributed by atoms with Gasteiger partial charge in [0.2, 0.25) is 0 Å². The van der Waals surface area contributed by atoms with E-state index in [9.17, 15) is 19.8 Å². The Morgan fingerprint density at radius 2 is 1.06 bits per heavy atom. The molecule has 0 saturated heterocycles. The van der Waals surface area contributed by atoms with E-state index in [1.165, 1.54) is 0 Å². The molecule has 102 valence electrons. The Bertz CT molecular complexity index is 336. The Morgan fingerprint density at radius 1 is 0.722 bits per heavy atom. The van der Waals surface area contributed by atoms with Crippen LogP contribution in [0.15, 0.2) is 0 Å². The molecule has 2 aliphatic carbocycles. The molecular weight excluding hydrogens is 232 g/mol. The van der Waals surface area contributed by atoms with Crippen molar-refractivity contribution in [1.82, 2.24) is 0 Å². The SMILES string of the molecule is O=C(O)C1(CC2(C(=O)O)CCCC2)CCCCC1. The molecule has 4 nitrogen and oxygen atoms in total. The molecule has 2 fully saturated rings. The van der Waals surface area contributed by atoms with Gasteiger partial charge in [0.15, 0.2) is 0 Å². The minimum absolute atomic E-state index is 0.338. The monoisotopic (exact) mass is 254 g/mol. The van der Waals surface area contributed by atoms with E-state index in [0.29, 0.717) is 32.1 Å². The topological polar surface area (TPSA) is 74.6 Å². The second-order valence-corrected chi connectivity index (χ2v) is 6.12. The van der Waals surface area contributed by atoms with E-state index in [2.05, 4.69) is 0 Å². The third kappa shape index (κ3) is 2.25. The van der Waals surface area contributed by atoms with E-state index >= 15 is 0 Å². The zero-order chi connectivity index (χ0) is 13.2. The Morgan fingerprint density at radius 3 is 1.39 bits per heavy atom. The molecule has 0 spiro atoms. The lowest BCUT2D eigenvalue weighted by atomic mass is 9.63. The molecule has 0 aromatic carbocycles. The largest absolute Gasteiger partial charge is 0.481 e. The Hall–Kier alpha value is -1.06. The van der Waals surface area contributed by atoms with Gasteiger partial charge in [-0.3, -0.25) is 9.59 Å². The van der Waals surface area contributed by atoms with Crippen molar-refractivity contribution in [2.24, 2.45) is 10.8 Å². The van der Waals surface area contributed by atoms with Crippen LogP contribution in [0.3, 0.4) is 0 Å². The van der Waals surface area contributed by atoms with Gasteiger partial charge in [-0.25, -0.2) is 0 Å². The van der Waals surface area contributed by atoms with Crippen LogP contribution in [0.1, 0.15) is 64.2 Å². The van der Waals surface area contributed by atoms with Crippen molar-refractivity contribution in [2.75, 3.05) is 0 Å². The lowest BCUT2D eigenvalue weighted by Gasteiger charge is -2.39. The van der Waals surface area contributed by atoms with E-state index in [-0.39, 0.29) is 0 Å². The van der Waals surface area contributed by atoms with Crippen LogP contribution in [-0.2, 0) is 9.59 Å².